The van der Waals surface area contributed by atoms with Crippen molar-refractivity contribution in [2.75, 3.05) is 20.2 Å². The number of nitrogens with one attached hydrogen (secondary N) is 1. The van der Waals surface area contributed by atoms with Crippen molar-refractivity contribution in [3.05, 3.63) is 82.5 Å². The molecule has 1 N–H and O–H groups in total. The fraction of sp³-hybridized carbons (Fsp3) is 0.320. The number of rotatable bonds is 9. The van der Waals surface area contributed by atoms with Crippen molar-refractivity contribution in [1.82, 2.24) is 20.4 Å². The van der Waals surface area contributed by atoms with E-state index in [9.17, 15) is 4.79 Å². The molecule has 0 aliphatic carbocycles. The molecular formula is C25H27ClN4O3. The zero-order valence-corrected chi connectivity index (χ0v) is 19.3. The Hall–Kier alpha value is -3.16. The summed E-state index contributed by atoms with van der Waals surface area (Å²) in [5.74, 6) is 1.84. The maximum absolute atomic E-state index is 12.2. The van der Waals surface area contributed by atoms with Crippen LogP contribution in [0.25, 0.3) is 5.57 Å². The van der Waals surface area contributed by atoms with E-state index in [-0.39, 0.29) is 5.91 Å². The Bertz CT molecular complexity index is 1090. The molecule has 4 rings (SSSR count). The molecule has 1 amide bonds. The summed E-state index contributed by atoms with van der Waals surface area (Å²) in [6, 6.07) is 15.6. The summed E-state index contributed by atoms with van der Waals surface area (Å²) in [6.45, 7) is 3.10. The molecule has 7 nitrogen and oxygen atoms in total. The van der Waals surface area contributed by atoms with Crippen LogP contribution in [-0.2, 0) is 24.3 Å². The minimum atomic E-state index is -0.0553. The second kappa shape index (κ2) is 11.1. The Morgan fingerprint density at radius 2 is 1.91 bits per heavy atom. The number of halogens is 1. The van der Waals surface area contributed by atoms with Crippen molar-refractivity contribution >= 4 is 23.1 Å². The third kappa shape index (κ3) is 6.66. The highest BCUT2D eigenvalue weighted by Crippen LogP contribution is 2.22. The van der Waals surface area contributed by atoms with E-state index in [1.165, 1.54) is 5.56 Å². The third-order valence-electron chi connectivity index (χ3n) is 5.58. The zero-order chi connectivity index (χ0) is 23.0. The molecule has 0 fully saturated rings. The normalized spacial score (nSPS) is 14.1. The van der Waals surface area contributed by atoms with Crippen molar-refractivity contribution in [2.45, 2.75) is 32.4 Å². The first kappa shape index (κ1) is 23.0. The third-order valence-corrected chi connectivity index (χ3v) is 5.83. The molecule has 1 aliphatic rings. The molecule has 1 aliphatic heterocycles. The number of aryl methyl sites for hydroxylation is 1. The average Bonchev–Trinajstić information content (AvgIpc) is 3.33. The van der Waals surface area contributed by atoms with E-state index < -0.39 is 0 Å². The van der Waals surface area contributed by atoms with Crippen molar-refractivity contribution in [3.8, 4) is 5.75 Å². The highest BCUT2D eigenvalue weighted by molar-refractivity contribution is 6.30. The van der Waals surface area contributed by atoms with Gasteiger partial charge in [-0.25, -0.2) is 0 Å². The second-order valence-corrected chi connectivity index (χ2v) is 8.41. The first-order valence-corrected chi connectivity index (χ1v) is 11.4. The Kier molecular flexibility index (Phi) is 7.75. The van der Waals surface area contributed by atoms with Gasteiger partial charge in [0, 0.05) is 44.0 Å². The number of benzene rings is 2. The highest BCUT2D eigenvalue weighted by atomic mass is 35.5. The summed E-state index contributed by atoms with van der Waals surface area (Å²) in [7, 11) is 1.63. The van der Waals surface area contributed by atoms with Crippen LogP contribution in [0.5, 0.6) is 5.75 Å². The topological polar surface area (TPSA) is 80.5 Å². The zero-order valence-electron chi connectivity index (χ0n) is 18.6. The van der Waals surface area contributed by atoms with E-state index in [1.807, 2.05) is 36.4 Å². The largest absolute Gasteiger partial charge is 0.497 e. The van der Waals surface area contributed by atoms with E-state index in [2.05, 4.69) is 38.6 Å². The molecule has 0 unspecified atom stereocenters. The van der Waals surface area contributed by atoms with Crippen LogP contribution in [0.15, 0.2) is 59.1 Å². The predicted molar refractivity (Wildman–Crippen MR) is 127 cm³/mol. The molecule has 2 heterocycles. The Morgan fingerprint density at radius 1 is 1.15 bits per heavy atom. The Morgan fingerprint density at radius 3 is 2.61 bits per heavy atom. The first-order chi connectivity index (χ1) is 16.1. The van der Waals surface area contributed by atoms with E-state index >= 15 is 0 Å². The lowest BCUT2D eigenvalue weighted by Crippen LogP contribution is -2.28. The number of aromatic nitrogens is 2. The van der Waals surface area contributed by atoms with Crippen molar-refractivity contribution in [1.29, 1.82) is 0 Å². The molecular weight excluding hydrogens is 440 g/mol. The van der Waals surface area contributed by atoms with Gasteiger partial charge >= 0.3 is 0 Å². The van der Waals surface area contributed by atoms with Crippen molar-refractivity contribution in [2.24, 2.45) is 0 Å². The first-order valence-electron chi connectivity index (χ1n) is 11.0. The number of ether oxygens (including phenoxy) is 1. The smallest absolute Gasteiger partial charge is 0.227 e. The molecule has 2 aromatic carbocycles. The number of hydrogen-bond donors (Lipinski definition) is 1. The highest BCUT2D eigenvalue weighted by Gasteiger charge is 2.18. The van der Waals surface area contributed by atoms with Gasteiger partial charge in [-0.15, -0.1) is 0 Å². The predicted octanol–water partition coefficient (Wildman–Crippen LogP) is 4.27. The van der Waals surface area contributed by atoms with Crippen LogP contribution in [0.3, 0.4) is 0 Å². The molecule has 33 heavy (non-hydrogen) atoms. The Labute approximate surface area is 198 Å². The molecule has 0 atom stereocenters. The molecule has 0 radical (unpaired) electrons. The fourth-order valence-corrected chi connectivity index (χ4v) is 3.77. The van der Waals surface area contributed by atoms with Crippen molar-refractivity contribution in [3.63, 3.8) is 0 Å². The number of amides is 1. The van der Waals surface area contributed by atoms with Crippen LogP contribution >= 0.6 is 11.6 Å². The molecule has 172 valence electrons. The molecule has 3 aromatic rings. The number of nitrogens with zero attached hydrogens (tertiary/aromatic N) is 3. The molecule has 0 bridgehead atoms. The molecule has 0 spiro atoms. The van der Waals surface area contributed by atoms with Crippen LogP contribution in [-0.4, -0.2) is 41.1 Å². The SMILES string of the molecule is COc1ccc(CNC(=O)CCc2nc(C3=CCN(Cc4ccc(Cl)cc4)CC3)no2)cc1. The van der Waals surface area contributed by atoms with Gasteiger partial charge in [0.15, 0.2) is 5.82 Å². The van der Waals surface area contributed by atoms with E-state index in [0.717, 1.165) is 48.0 Å². The summed E-state index contributed by atoms with van der Waals surface area (Å²) in [4.78, 5) is 19.0. The minimum absolute atomic E-state index is 0.0553. The minimum Gasteiger partial charge on any atom is -0.497 e. The van der Waals surface area contributed by atoms with Gasteiger partial charge in [0.05, 0.1) is 7.11 Å². The maximum Gasteiger partial charge on any atom is 0.227 e. The van der Waals surface area contributed by atoms with Gasteiger partial charge in [-0.1, -0.05) is 47.1 Å². The van der Waals surface area contributed by atoms with Crippen molar-refractivity contribution < 1.29 is 14.1 Å². The summed E-state index contributed by atoms with van der Waals surface area (Å²) >= 11 is 5.96. The van der Waals surface area contributed by atoms with E-state index in [1.54, 1.807) is 7.11 Å². The summed E-state index contributed by atoms with van der Waals surface area (Å²) in [6.07, 6.45) is 3.72. The van der Waals surface area contributed by atoms with Gasteiger partial charge in [-0.2, -0.15) is 4.98 Å². The van der Waals surface area contributed by atoms with Crippen LogP contribution < -0.4 is 10.1 Å². The Balaban J connectivity index is 1.22. The monoisotopic (exact) mass is 466 g/mol. The van der Waals surface area contributed by atoms with Crippen LogP contribution in [0.4, 0.5) is 0 Å². The van der Waals surface area contributed by atoms with Gasteiger partial charge < -0.3 is 14.6 Å². The van der Waals surface area contributed by atoms with E-state index in [0.29, 0.717) is 31.1 Å². The molecule has 1 aromatic heterocycles. The van der Waals surface area contributed by atoms with Gasteiger partial charge in [0.2, 0.25) is 11.8 Å². The quantitative estimate of drug-likeness (QED) is 0.507. The lowest BCUT2D eigenvalue weighted by Gasteiger charge is -2.25. The molecule has 8 heteroatoms. The number of carbonyl (C=O) groups excluding carboxylic acids is 1. The van der Waals surface area contributed by atoms with Gasteiger partial charge in [-0.3, -0.25) is 9.69 Å². The van der Waals surface area contributed by atoms with Crippen LogP contribution in [0.2, 0.25) is 5.02 Å². The standard InChI is InChI=1S/C25H27ClN4O3/c1-32-22-8-4-18(5-9-22)16-27-23(31)10-11-24-28-25(29-33-24)20-12-14-30(15-13-20)17-19-2-6-21(26)7-3-19/h2-9,12H,10-11,13-17H2,1H3,(H,27,31). The van der Waals surface area contributed by atoms with Gasteiger partial charge in [0.25, 0.3) is 0 Å². The summed E-state index contributed by atoms with van der Waals surface area (Å²) in [5.41, 5.74) is 3.34. The summed E-state index contributed by atoms with van der Waals surface area (Å²) in [5, 5.41) is 7.78. The maximum atomic E-state index is 12.2. The second-order valence-electron chi connectivity index (χ2n) is 7.98. The number of carbonyl (C=O) groups is 1. The molecule has 0 saturated carbocycles. The van der Waals surface area contributed by atoms with Gasteiger partial charge in [-0.05, 0) is 47.4 Å². The lowest BCUT2D eigenvalue weighted by atomic mass is 10.1. The summed E-state index contributed by atoms with van der Waals surface area (Å²) < 4.78 is 10.5. The van der Waals surface area contributed by atoms with E-state index in [4.69, 9.17) is 20.9 Å². The van der Waals surface area contributed by atoms with Crippen LogP contribution in [0.1, 0.15) is 35.7 Å². The number of methoxy groups -OCH3 is 1. The van der Waals surface area contributed by atoms with Gasteiger partial charge in [0.1, 0.15) is 5.75 Å². The average molecular weight is 467 g/mol. The molecule has 0 saturated heterocycles. The van der Waals surface area contributed by atoms with Crippen LogP contribution in [0, 0.1) is 0 Å². The number of hydrogen-bond acceptors (Lipinski definition) is 6. The fourth-order valence-electron chi connectivity index (χ4n) is 3.65. The lowest BCUT2D eigenvalue weighted by molar-refractivity contribution is -0.121.